The zero-order valence-electron chi connectivity index (χ0n) is 21.8. The second-order valence-corrected chi connectivity index (χ2v) is 9.61. The van der Waals surface area contributed by atoms with E-state index >= 15 is 0 Å². The lowest BCUT2D eigenvalue weighted by atomic mass is 9.95. The maximum absolute atomic E-state index is 13.9. The molecule has 6 N–H and O–H groups in total. The first kappa shape index (κ1) is 26.6. The fourth-order valence-corrected chi connectivity index (χ4v) is 4.69. The lowest BCUT2D eigenvalue weighted by Crippen LogP contribution is -2.46. The first-order chi connectivity index (χ1) is 18.1. The molecule has 2 amide bonds. The number of carbonyl (C=O) groups is 2. The molecule has 0 aliphatic heterocycles. The van der Waals surface area contributed by atoms with E-state index < -0.39 is 18.0 Å². The first-order valence-electron chi connectivity index (χ1n) is 12.5. The lowest BCUT2D eigenvalue weighted by molar-refractivity contribution is -0.135. The number of phenols is 1. The topological polar surface area (TPSA) is 138 Å². The summed E-state index contributed by atoms with van der Waals surface area (Å²) in [7, 11) is 0. The van der Waals surface area contributed by atoms with Crippen LogP contribution in [0.2, 0.25) is 0 Å². The minimum Gasteiger partial charge on any atom is -0.508 e. The van der Waals surface area contributed by atoms with Gasteiger partial charge in [-0.25, -0.2) is 4.98 Å². The fourth-order valence-electron chi connectivity index (χ4n) is 4.69. The highest BCUT2D eigenvalue weighted by atomic mass is 16.3. The van der Waals surface area contributed by atoms with Crippen LogP contribution in [0.25, 0.3) is 11.3 Å². The summed E-state index contributed by atoms with van der Waals surface area (Å²) in [5.74, 6) is 0.00512. The van der Waals surface area contributed by atoms with Crippen molar-refractivity contribution in [2.45, 2.75) is 45.8 Å². The number of aromatic hydroxyl groups is 1. The van der Waals surface area contributed by atoms with Crippen LogP contribution in [0.15, 0.2) is 72.9 Å². The number of benzene rings is 3. The summed E-state index contributed by atoms with van der Waals surface area (Å²) in [6, 6.07) is 18.8. The average Bonchev–Trinajstić information content (AvgIpc) is 3.39. The van der Waals surface area contributed by atoms with Crippen molar-refractivity contribution in [3.63, 3.8) is 0 Å². The van der Waals surface area contributed by atoms with Gasteiger partial charge >= 0.3 is 0 Å². The molecule has 2 atom stereocenters. The number of amides is 2. The molecule has 0 saturated heterocycles. The molecule has 3 aromatic carbocycles. The summed E-state index contributed by atoms with van der Waals surface area (Å²) in [6.07, 6.45) is 2.13. The quantitative estimate of drug-likeness (QED) is 0.267. The molecule has 0 unspecified atom stereocenters. The average molecular weight is 512 g/mol. The standard InChI is InChI=1S/C30H33N5O3/c1-18-12-24(36)13-19(2)25(18)15-26(31)30(38)35(17-21-8-7-11-23(14-21)28(32)37)20(3)29-33-16-27(34-29)22-9-5-4-6-10-22/h4-14,16,20,26,36H,15,17,31H2,1-3H3,(H2,32,37)(H,33,34)/t20-,26-/m0/s1. The second-order valence-electron chi connectivity index (χ2n) is 9.61. The minimum absolute atomic E-state index is 0.181. The largest absolute Gasteiger partial charge is 0.508 e. The number of hydrogen-bond donors (Lipinski definition) is 4. The fraction of sp³-hybridized carbons (Fsp3) is 0.233. The Morgan fingerprint density at radius 3 is 2.37 bits per heavy atom. The maximum atomic E-state index is 13.9. The number of primary amides is 1. The second kappa shape index (κ2) is 11.3. The van der Waals surface area contributed by atoms with Crippen LogP contribution in [-0.2, 0) is 17.8 Å². The van der Waals surface area contributed by atoms with Gasteiger partial charge < -0.3 is 26.5 Å². The third-order valence-corrected chi connectivity index (χ3v) is 6.80. The summed E-state index contributed by atoms with van der Waals surface area (Å²) in [4.78, 5) is 35.3. The monoisotopic (exact) mass is 511 g/mol. The number of phenolic OH excluding ortho intramolecular Hbond substituents is 1. The summed E-state index contributed by atoms with van der Waals surface area (Å²) < 4.78 is 0. The third kappa shape index (κ3) is 5.92. The number of carbonyl (C=O) groups excluding carboxylic acids is 2. The van der Waals surface area contributed by atoms with Gasteiger partial charge in [0.15, 0.2) is 0 Å². The maximum Gasteiger partial charge on any atom is 0.248 e. The molecule has 0 radical (unpaired) electrons. The Morgan fingerprint density at radius 1 is 1.03 bits per heavy atom. The molecule has 0 fully saturated rings. The number of H-pyrrole nitrogens is 1. The van der Waals surface area contributed by atoms with E-state index in [-0.39, 0.29) is 18.2 Å². The SMILES string of the molecule is Cc1cc(O)cc(C)c1C[C@H](N)C(=O)N(Cc1cccc(C(N)=O)c1)[C@@H](C)c1nc(-c2ccccc2)c[nH]1. The Kier molecular flexibility index (Phi) is 7.93. The highest BCUT2D eigenvalue weighted by Gasteiger charge is 2.29. The van der Waals surface area contributed by atoms with Crippen molar-refractivity contribution in [3.8, 4) is 17.0 Å². The molecule has 4 aromatic rings. The van der Waals surface area contributed by atoms with Crippen molar-refractivity contribution in [2.24, 2.45) is 11.5 Å². The number of nitrogens with one attached hydrogen (secondary N) is 1. The predicted octanol–water partition coefficient (Wildman–Crippen LogP) is 4.16. The van der Waals surface area contributed by atoms with Crippen molar-refractivity contribution in [3.05, 3.63) is 107 Å². The number of imidazole rings is 1. The molecule has 38 heavy (non-hydrogen) atoms. The number of nitrogens with two attached hydrogens (primary N) is 2. The van der Waals surface area contributed by atoms with Crippen LogP contribution in [0.1, 0.15) is 51.4 Å². The van der Waals surface area contributed by atoms with Gasteiger partial charge in [-0.15, -0.1) is 0 Å². The third-order valence-electron chi connectivity index (χ3n) is 6.80. The van der Waals surface area contributed by atoms with E-state index in [2.05, 4.69) is 4.98 Å². The van der Waals surface area contributed by atoms with Crippen LogP contribution in [0.3, 0.4) is 0 Å². The summed E-state index contributed by atoms with van der Waals surface area (Å²) in [6.45, 7) is 5.89. The zero-order valence-corrected chi connectivity index (χ0v) is 21.8. The molecule has 0 bridgehead atoms. The Balaban J connectivity index is 1.65. The van der Waals surface area contributed by atoms with Crippen molar-refractivity contribution >= 4 is 11.8 Å². The normalized spacial score (nSPS) is 12.6. The smallest absolute Gasteiger partial charge is 0.248 e. The Hall–Kier alpha value is -4.43. The lowest BCUT2D eigenvalue weighted by Gasteiger charge is -2.31. The molecule has 0 aliphatic carbocycles. The minimum atomic E-state index is -0.831. The van der Waals surface area contributed by atoms with E-state index in [1.807, 2.05) is 63.4 Å². The van der Waals surface area contributed by atoms with E-state index in [1.54, 1.807) is 35.2 Å². The number of nitrogens with zero attached hydrogens (tertiary/aromatic N) is 2. The summed E-state index contributed by atoms with van der Waals surface area (Å²) in [5, 5.41) is 9.91. The molecule has 0 spiro atoms. The predicted molar refractivity (Wildman–Crippen MR) is 147 cm³/mol. The van der Waals surface area contributed by atoms with Crippen LogP contribution >= 0.6 is 0 Å². The van der Waals surface area contributed by atoms with Crippen molar-refractivity contribution in [2.75, 3.05) is 0 Å². The number of aromatic nitrogens is 2. The molecule has 1 heterocycles. The Labute approximate surface area is 222 Å². The van der Waals surface area contributed by atoms with Gasteiger partial charge in [0.1, 0.15) is 11.6 Å². The van der Waals surface area contributed by atoms with E-state index in [9.17, 15) is 14.7 Å². The number of aromatic amines is 1. The molecule has 0 aliphatic rings. The highest BCUT2D eigenvalue weighted by Crippen LogP contribution is 2.27. The van der Waals surface area contributed by atoms with Gasteiger partial charge in [0.2, 0.25) is 11.8 Å². The Bertz CT molecular complexity index is 1420. The van der Waals surface area contributed by atoms with Crippen LogP contribution in [-0.4, -0.2) is 37.8 Å². The van der Waals surface area contributed by atoms with Gasteiger partial charge in [-0.3, -0.25) is 9.59 Å². The van der Waals surface area contributed by atoms with Crippen molar-refractivity contribution < 1.29 is 14.7 Å². The summed E-state index contributed by atoms with van der Waals surface area (Å²) in [5.41, 5.74) is 17.5. The van der Waals surface area contributed by atoms with E-state index in [4.69, 9.17) is 16.5 Å². The zero-order chi connectivity index (χ0) is 27.4. The van der Waals surface area contributed by atoms with E-state index in [0.29, 0.717) is 17.8 Å². The van der Waals surface area contributed by atoms with Crippen molar-refractivity contribution in [1.29, 1.82) is 0 Å². The molecule has 8 nitrogen and oxygen atoms in total. The molecule has 196 valence electrons. The van der Waals surface area contributed by atoms with Crippen LogP contribution in [0.5, 0.6) is 5.75 Å². The Morgan fingerprint density at radius 2 is 1.71 bits per heavy atom. The van der Waals surface area contributed by atoms with Gasteiger partial charge in [0.25, 0.3) is 0 Å². The molecule has 1 aromatic heterocycles. The van der Waals surface area contributed by atoms with Gasteiger partial charge in [-0.1, -0.05) is 42.5 Å². The van der Waals surface area contributed by atoms with E-state index in [1.165, 1.54) is 0 Å². The number of aryl methyl sites for hydroxylation is 2. The molecule has 0 saturated carbocycles. The molecular formula is C30H33N5O3. The summed E-state index contributed by atoms with van der Waals surface area (Å²) >= 11 is 0. The number of hydrogen-bond acceptors (Lipinski definition) is 5. The van der Waals surface area contributed by atoms with Crippen LogP contribution < -0.4 is 11.5 Å². The molecular weight excluding hydrogens is 478 g/mol. The van der Waals surface area contributed by atoms with Gasteiger partial charge in [-0.05, 0) is 73.7 Å². The van der Waals surface area contributed by atoms with Crippen LogP contribution in [0, 0.1) is 13.8 Å². The first-order valence-corrected chi connectivity index (χ1v) is 12.5. The number of rotatable bonds is 9. The molecule has 8 heteroatoms. The highest BCUT2D eigenvalue weighted by molar-refractivity contribution is 5.93. The van der Waals surface area contributed by atoms with Gasteiger partial charge in [0.05, 0.1) is 17.8 Å². The van der Waals surface area contributed by atoms with Gasteiger partial charge in [0, 0.05) is 23.9 Å². The van der Waals surface area contributed by atoms with Gasteiger partial charge in [-0.2, -0.15) is 0 Å². The van der Waals surface area contributed by atoms with Crippen molar-refractivity contribution in [1.82, 2.24) is 14.9 Å². The van der Waals surface area contributed by atoms with E-state index in [0.717, 1.165) is 33.5 Å². The molecule has 4 rings (SSSR count). The van der Waals surface area contributed by atoms with Crippen LogP contribution in [0.4, 0.5) is 0 Å².